The quantitative estimate of drug-likeness (QED) is 0.353. The molecule has 2 aromatic heterocycles. The van der Waals surface area contributed by atoms with E-state index in [1.54, 1.807) is 22.9 Å². The highest BCUT2D eigenvalue weighted by Crippen LogP contribution is 2.30. The number of phenols is 1. The van der Waals surface area contributed by atoms with Crippen LogP contribution < -0.4 is 4.90 Å². The van der Waals surface area contributed by atoms with Gasteiger partial charge in [-0.2, -0.15) is 5.10 Å². The SMILES string of the molecule is Cc1nn(-c2ccc(F)cc2)c2nc(Cc3ccccc3)nc(N3CCN(Cc4ccccc4O)CC3)c12. The third-order valence-corrected chi connectivity index (χ3v) is 7.06. The second-order valence-corrected chi connectivity index (χ2v) is 9.69. The van der Waals surface area contributed by atoms with Gasteiger partial charge in [-0.1, -0.05) is 48.5 Å². The summed E-state index contributed by atoms with van der Waals surface area (Å²) in [6, 6.07) is 24.0. The average molecular weight is 509 g/mol. The summed E-state index contributed by atoms with van der Waals surface area (Å²) in [5.74, 6) is 1.65. The largest absolute Gasteiger partial charge is 0.508 e. The molecule has 1 aliphatic heterocycles. The van der Waals surface area contributed by atoms with Crippen molar-refractivity contribution >= 4 is 16.9 Å². The van der Waals surface area contributed by atoms with E-state index in [9.17, 15) is 9.50 Å². The highest BCUT2D eigenvalue weighted by atomic mass is 19.1. The molecule has 6 rings (SSSR count). The Balaban J connectivity index is 1.35. The Morgan fingerprint density at radius 1 is 0.842 bits per heavy atom. The summed E-state index contributed by atoms with van der Waals surface area (Å²) in [4.78, 5) is 14.7. The van der Waals surface area contributed by atoms with Gasteiger partial charge in [0.25, 0.3) is 0 Å². The molecule has 0 unspecified atom stereocenters. The molecule has 0 spiro atoms. The summed E-state index contributed by atoms with van der Waals surface area (Å²) in [5, 5.41) is 15.9. The summed E-state index contributed by atoms with van der Waals surface area (Å²) < 4.78 is 15.4. The number of anilines is 1. The number of para-hydroxylation sites is 1. The van der Waals surface area contributed by atoms with Crippen LogP contribution in [0.1, 0.15) is 22.6 Å². The number of benzene rings is 3. The summed E-state index contributed by atoms with van der Waals surface area (Å²) >= 11 is 0. The van der Waals surface area contributed by atoms with Crippen molar-refractivity contribution < 1.29 is 9.50 Å². The van der Waals surface area contributed by atoms with Crippen molar-refractivity contribution in [3.63, 3.8) is 0 Å². The molecule has 0 aliphatic carbocycles. The molecular formula is C30H29FN6O. The van der Waals surface area contributed by atoms with Gasteiger partial charge >= 0.3 is 0 Å². The van der Waals surface area contributed by atoms with Gasteiger partial charge < -0.3 is 10.0 Å². The van der Waals surface area contributed by atoms with Crippen molar-refractivity contribution in [1.82, 2.24) is 24.6 Å². The van der Waals surface area contributed by atoms with Crippen molar-refractivity contribution in [3.05, 3.63) is 107 Å². The number of rotatable bonds is 6. The predicted octanol–water partition coefficient (Wildman–Crippen LogP) is 4.88. The number of piperazine rings is 1. The molecule has 5 aromatic rings. The van der Waals surface area contributed by atoms with E-state index in [-0.39, 0.29) is 5.82 Å². The zero-order valence-corrected chi connectivity index (χ0v) is 21.3. The Morgan fingerprint density at radius 2 is 1.55 bits per heavy atom. The smallest absolute Gasteiger partial charge is 0.169 e. The number of phenolic OH excluding ortho intramolecular Hbond substituents is 1. The number of hydrogen-bond donors (Lipinski definition) is 1. The number of hydrogen-bond acceptors (Lipinski definition) is 6. The van der Waals surface area contributed by atoms with Crippen LogP contribution >= 0.6 is 0 Å². The standard InChI is InChI=1S/C30H29FN6O/c1-21-28-29(36-17-15-35(16-18-36)20-23-9-5-6-10-26(23)38)32-27(19-22-7-3-2-4-8-22)33-30(28)37(34-21)25-13-11-24(31)12-14-25/h2-14,38H,15-20H2,1H3. The third-order valence-electron chi connectivity index (χ3n) is 7.06. The number of aryl methyl sites for hydroxylation is 1. The van der Waals surface area contributed by atoms with Crippen LogP contribution in [-0.2, 0) is 13.0 Å². The van der Waals surface area contributed by atoms with Crippen LogP contribution in [0.2, 0.25) is 0 Å². The first-order chi connectivity index (χ1) is 18.5. The van der Waals surface area contributed by atoms with Gasteiger partial charge in [0.05, 0.1) is 16.8 Å². The molecular weight excluding hydrogens is 479 g/mol. The van der Waals surface area contributed by atoms with Crippen LogP contribution in [0.4, 0.5) is 10.2 Å². The number of aromatic hydroxyl groups is 1. The van der Waals surface area contributed by atoms with Crippen LogP contribution in [0.15, 0.2) is 78.9 Å². The minimum absolute atomic E-state index is 0.288. The molecule has 0 radical (unpaired) electrons. The van der Waals surface area contributed by atoms with E-state index in [1.165, 1.54) is 12.1 Å². The zero-order chi connectivity index (χ0) is 26.1. The van der Waals surface area contributed by atoms with E-state index >= 15 is 0 Å². The zero-order valence-electron chi connectivity index (χ0n) is 21.3. The fourth-order valence-corrected chi connectivity index (χ4v) is 5.06. The minimum Gasteiger partial charge on any atom is -0.508 e. The van der Waals surface area contributed by atoms with Crippen LogP contribution in [-0.4, -0.2) is 55.9 Å². The Labute approximate surface area is 220 Å². The van der Waals surface area contributed by atoms with E-state index in [0.717, 1.165) is 71.4 Å². The first-order valence-electron chi connectivity index (χ1n) is 12.9. The Kier molecular flexibility index (Phi) is 6.47. The monoisotopic (exact) mass is 508 g/mol. The molecule has 0 atom stereocenters. The van der Waals surface area contributed by atoms with E-state index < -0.39 is 0 Å². The molecule has 1 aliphatic rings. The fraction of sp³-hybridized carbons (Fsp3) is 0.233. The van der Waals surface area contributed by atoms with Crippen LogP contribution in [0.3, 0.4) is 0 Å². The minimum atomic E-state index is -0.288. The molecule has 192 valence electrons. The van der Waals surface area contributed by atoms with Gasteiger partial charge in [0.1, 0.15) is 23.2 Å². The summed E-state index contributed by atoms with van der Waals surface area (Å²) in [7, 11) is 0. The van der Waals surface area contributed by atoms with Gasteiger partial charge in [0.2, 0.25) is 0 Å². The maximum Gasteiger partial charge on any atom is 0.169 e. The normalized spacial score (nSPS) is 14.3. The molecule has 38 heavy (non-hydrogen) atoms. The number of halogens is 1. The first-order valence-corrected chi connectivity index (χ1v) is 12.9. The van der Waals surface area contributed by atoms with E-state index in [1.807, 2.05) is 43.3 Å². The Bertz CT molecular complexity index is 1560. The lowest BCUT2D eigenvalue weighted by Crippen LogP contribution is -2.46. The predicted molar refractivity (Wildman–Crippen MR) is 146 cm³/mol. The number of nitrogens with zero attached hydrogens (tertiary/aromatic N) is 6. The van der Waals surface area contributed by atoms with Gasteiger partial charge in [-0.3, -0.25) is 4.90 Å². The van der Waals surface area contributed by atoms with Crippen LogP contribution in [0.5, 0.6) is 5.75 Å². The van der Waals surface area contributed by atoms with E-state index in [0.29, 0.717) is 18.7 Å². The molecule has 1 N–H and O–H groups in total. The molecule has 0 saturated carbocycles. The fourth-order valence-electron chi connectivity index (χ4n) is 5.06. The summed E-state index contributed by atoms with van der Waals surface area (Å²) in [5.41, 5.74) is 4.39. The van der Waals surface area contributed by atoms with Crippen molar-refractivity contribution in [2.24, 2.45) is 0 Å². The lowest BCUT2D eigenvalue weighted by atomic mass is 10.1. The Morgan fingerprint density at radius 3 is 2.29 bits per heavy atom. The molecule has 1 saturated heterocycles. The highest BCUT2D eigenvalue weighted by Gasteiger charge is 2.25. The maximum absolute atomic E-state index is 13.6. The van der Waals surface area contributed by atoms with Crippen molar-refractivity contribution in [3.8, 4) is 11.4 Å². The molecule has 8 heteroatoms. The van der Waals surface area contributed by atoms with Crippen molar-refractivity contribution in [1.29, 1.82) is 0 Å². The maximum atomic E-state index is 13.6. The molecule has 0 bridgehead atoms. The van der Waals surface area contributed by atoms with Gasteiger partial charge in [0.15, 0.2) is 5.65 Å². The second kappa shape index (κ2) is 10.2. The first kappa shape index (κ1) is 24.1. The summed E-state index contributed by atoms with van der Waals surface area (Å²) in [6.07, 6.45) is 0.602. The highest BCUT2D eigenvalue weighted by molar-refractivity contribution is 5.91. The number of fused-ring (bicyclic) bond motifs is 1. The van der Waals surface area contributed by atoms with E-state index in [4.69, 9.17) is 15.1 Å². The average Bonchev–Trinajstić information content (AvgIpc) is 3.27. The molecule has 3 aromatic carbocycles. The van der Waals surface area contributed by atoms with Gasteiger partial charge in [-0.15, -0.1) is 0 Å². The molecule has 7 nitrogen and oxygen atoms in total. The topological polar surface area (TPSA) is 70.3 Å². The van der Waals surface area contributed by atoms with Crippen molar-refractivity contribution in [2.45, 2.75) is 19.9 Å². The lowest BCUT2D eigenvalue weighted by molar-refractivity contribution is 0.246. The second-order valence-electron chi connectivity index (χ2n) is 9.69. The Hall–Kier alpha value is -4.30. The lowest BCUT2D eigenvalue weighted by Gasteiger charge is -2.35. The van der Waals surface area contributed by atoms with Gasteiger partial charge in [-0.05, 0) is 42.8 Å². The molecule has 0 amide bonds. The van der Waals surface area contributed by atoms with Gasteiger partial charge in [-0.25, -0.2) is 19.0 Å². The third kappa shape index (κ3) is 4.82. The summed E-state index contributed by atoms with van der Waals surface area (Å²) in [6.45, 7) is 5.97. The number of aromatic nitrogens is 4. The van der Waals surface area contributed by atoms with Crippen molar-refractivity contribution in [2.75, 3.05) is 31.1 Å². The van der Waals surface area contributed by atoms with Crippen LogP contribution in [0, 0.1) is 12.7 Å². The molecule has 3 heterocycles. The van der Waals surface area contributed by atoms with Crippen LogP contribution in [0.25, 0.3) is 16.7 Å². The van der Waals surface area contributed by atoms with E-state index in [2.05, 4.69) is 21.9 Å². The van der Waals surface area contributed by atoms with Gasteiger partial charge in [0, 0.05) is 44.7 Å². The molecule has 1 fully saturated rings.